The lowest BCUT2D eigenvalue weighted by Gasteiger charge is -2.08. The van der Waals surface area contributed by atoms with Gasteiger partial charge in [0.05, 0.1) is 5.69 Å². The third-order valence-corrected chi connectivity index (χ3v) is 5.04. The number of hydrogen-bond donors (Lipinski definition) is 1. The van der Waals surface area contributed by atoms with Crippen molar-refractivity contribution in [1.29, 1.82) is 0 Å². The molecule has 0 saturated heterocycles. The average Bonchev–Trinajstić information content (AvgIpc) is 3.24. The van der Waals surface area contributed by atoms with Crippen LogP contribution in [0, 0.1) is 0 Å². The van der Waals surface area contributed by atoms with Crippen molar-refractivity contribution in [2.75, 3.05) is 11.9 Å². The van der Waals surface area contributed by atoms with E-state index in [1.54, 1.807) is 11.3 Å². The van der Waals surface area contributed by atoms with Gasteiger partial charge in [-0.1, -0.05) is 28.1 Å². The molecule has 0 aliphatic carbocycles. The number of rotatable bonds is 5. The predicted molar refractivity (Wildman–Crippen MR) is 107 cm³/mol. The molecule has 0 saturated carbocycles. The van der Waals surface area contributed by atoms with Crippen LogP contribution in [0.5, 0.6) is 5.75 Å². The minimum Gasteiger partial charge on any atom is -0.484 e. The lowest BCUT2D eigenvalue weighted by molar-refractivity contribution is -0.118. The molecule has 2 aromatic heterocycles. The van der Waals surface area contributed by atoms with Crippen molar-refractivity contribution in [3.63, 3.8) is 0 Å². The van der Waals surface area contributed by atoms with Crippen molar-refractivity contribution < 1.29 is 9.53 Å². The van der Waals surface area contributed by atoms with Crippen LogP contribution in [0.15, 0.2) is 70.8 Å². The molecule has 4 rings (SSSR count). The van der Waals surface area contributed by atoms with E-state index in [9.17, 15) is 4.79 Å². The van der Waals surface area contributed by atoms with Crippen LogP contribution in [0.4, 0.5) is 5.69 Å². The van der Waals surface area contributed by atoms with Gasteiger partial charge in [0.2, 0.25) is 0 Å². The summed E-state index contributed by atoms with van der Waals surface area (Å²) in [6.45, 7) is -0.0410. The van der Waals surface area contributed by atoms with E-state index in [0.717, 1.165) is 26.4 Å². The maximum Gasteiger partial charge on any atom is 0.262 e. The topological polar surface area (TPSA) is 55.6 Å². The van der Waals surface area contributed by atoms with Crippen LogP contribution in [0.3, 0.4) is 0 Å². The monoisotopic (exact) mass is 427 g/mol. The highest BCUT2D eigenvalue weighted by molar-refractivity contribution is 9.10. The number of nitrogens with one attached hydrogen (secondary N) is 1. The summed E-state index contributed by atoms with van der Waals surface area (Å²) >= 11 is 4.96. The lowest BCUT2D eigenvalue weighted by Crippen LogP contribution is -2.20. The minimum atomic E-state index is -0.205. The third-order valence-electron chi connectivity index (χ3n) is 3.74. The zero-order valence-corrected chi connectivity index (χ0v) is 16.0. The second-order valence-electron chi connectivity index (χ2n) is 5.59. The van der Waals surface area contributed by atoms with E-state index in [-0.39, 0.29) is 12.5 Å². The summed E-state index contributed by atoms with van der Waals surface area (Å²) in [5.41, 5.74) is 2.64. The Hall–Kier alpha value is -2.64. The fraction of sp³-hybridized carbons (Fsp3) is 0.0526. The second-order valence-corrected chi connectivity index (χ2v) is 7.38. The number of nitrogens with zero attached hydrogens (tertiary/aromatic N) is 2. The van der Waals surface area contributed by atoms with Crippen molar-refractivity contribution in [2.45, 2.75) is 0 Å². The van der Waals surface area contributed by atoms with Crippen LogP contribution in [0.25, 0.3) is 16.2 Å². The standard InChI is InChI=1S/C19H14BrN3O2S/c20-14-3-7-16(8-4-14)25-12-18(24)21-15-5-1-13(2-6-15)17-11-23-9-10-26-19(23)22-17/h1-11H,12H2,(H,21,24). The highest BCUT2D eigenvalue weighted by Gasteiger charge is 2.07. The smallest absolute Gasteiger partial charge is 0.262 e. The van der Waals surface area contributed by atoms with Gasteiger partial charge in [0.15, 0.2) is 11.6 Å². The summed E-state index contributed by atoms with van der Waals surface area (Å²) in [5.74, 6) is 0.446. The first-order valence-electron chi connectivity index (χ1n) is 7.88. The molecule has 0 radical (unpaired) electrons. The first-order chi connectivity index (χ1) is 12.7. The van der Waals surface area contributed by atoms with Crippen LogP contribution in [0.1, 0.15) is 0 Å². The first kappa shape index (κ1) is 16.8. The molecule has 0 unspecified atom stereocenters. The first-order valence-corrected chi connectivity index (χ1v) is 9.55. The quantitative estimate of drug-likeness (QED) is 0.495. The molecule has 0 atom stereocenters. The molecular weight excluding hydrogens is 414 g/mol. The van der Waals surface area contributed by atoms with E-state index in [2.05, 4.69) is 26.2 Å². The number of halogens is 1. The van der Waals surface area contributed by atoms with Gasteiger partial charge in [-0.05, 0) is 36.4 Å². The Labute approximate surface area is 162 Å². The highest BCUT2D eigenvalue weighted by atomic mass is 79.9. The van der Waals surface area contributed by atoms with Crippen molar-refractivity contribution in [1.82, 2.24) is 9.38 Å². The Bertz CT molecular complexity index is 1010. The van der Waals surface area contributed by atoms with E-state index in [4.69, 9.17) is 4.74 Å². The van der Waals surface area contributed by atoms with E-state index in [1.807, 2.05) is 70.7 Å². The van der Waals surface area contributed by atoms with Gasteiger partial charge in [-0.3, -0.25) is 9.20 Å². The summed E-state index contributed by atoms with van der Waals surface area (Å²) in [6.07, 6.45) is 3.97. The van der Waals surface area contributed by atoms with Crippen molar-refractivity contribution >= 4 is 43.8 Å². The lowest BCUT2D eigenvalue weighted by atomic mass is 10.1. The molecule has 0 fully saturated rings. The molecule has 4 aromatic rings. The van der Waals surface area contributed by atoms with E-state index < -0.39 is 0 Å². The summed E-state index contributed by atoms with van der Waals surface area (Å²) in [6, 6.07) is 15.0. The summed E-state index contributed by atoms with van der Waals surface area (Å²) in [7, 11) is 0. The summed E-state index contributed by atoms with van der Waals surface area (Å²) in [5, 5.41) is 4.83. The van der Waals surface area contributed by atoms with Gasteiger partial charge in [-0.15, -0.1) is 11.3 Å². The fourth-order valence-corrected chi connectivity index (χ4v) is 3.43. The maximum absolute atomic E-state index is 12.0. The van der Waals surface area contributed by atoms with E-state index in [0.29, 0.717) is 5.75 Å². The van der Waals surface area contributed by atoms with Gasteiger partial charge in [0.1, 0.15) is 5.75 Å². The number of anilines is 1. The number of imidazole rings is 1. The Kier molecular flexibility index (Phi) is 4.73. The number of benzene rings is 2. The molecule has 5 nitrogen and oxygen atoms in total. The normalized spacial score (nSPS) is 10.8. The number of fused-ring (bicyclic) bond motifs is 1. The Morgan fingerprint density at radius 1 is 1.15 bits per heavy atom. The van der Waals surface area contributed by atoms with Crippen LogP contribution >= 0.6 is 27.3 Å². The molecule has 0 bridgehead atoms. The van der Waals surface area contributed by atoms with Gasteiger partial charge >= 0.3 is 0 Å². The molecule has 26 heavy (non-hydrogen) atoms. The third kappa shape index (κ3) is 3.79. The van der Waals surface area contributed by atoms with Crippen molar-refractivity contribution in [3.8, 4) is 17.0 Å². The Morgan fingerprint density at radius 3 is 2.65 bits per heavy atom. The van der Waals surface area contributed by atoms with Crippen LogP contribution in [-0.4, -0.2) is 21.9 Å². The van der Waals surface area contributed by atoms with Crippen LogP contribution in [-0.2, 0) is 4.79 Å². The largest absolute Gasteiger partial charge is 0.484 e. The van der Waals surface area contributed by atoms with Gasteiger partial charge in [0.25, 0.3) is 5.91 Å². The maximum atomic E-state index is 12.0. The molecule has 7 heteroatoms. The predicted octanol–water partition coefficient (Wildman–Crippen LogP) is 4.84. The van der Waals surface area contributed by atoms with Crippen molar-refractivity contribution in [3.05, 3.63) is 70.8 Å². The zero-order chi connectivity index (χ0) is 17.9. The highest BCUT2D eigenvalue weighted by Crippen LogP contribution is 2.23. The molecule has 1 amide bonds. The minimum absolute atomic E-state index is 0.0410. The van der Waals surface area contributed by atoms with E-state index >= 15 is 0 Å². The molecule has 0 spiro atoms. The van der Waals surface area contributed by atoms with Gasteiger partial charge in [-0.2, -0.15) is 0 Å². The summed E-state index contributed by atoms with van der Waals surface area (Å²) < 4.78 is 8.43. The van der Waals surface area contributed by atoms with Crippen LogP contribution in [0.2, 0.25) is 0 Å². The number of carbonyl (C=O) groups is 1. The molecular formula is C19H14BrN3O2S. The van der Waals surface area contributed by atoms with Gasteiger partial charge in [0, 0.05) is 33.5 Å². The number of hydrogen-bond acceptors (Lipinski definition) is 4. The molecule has 130 valence electrons. The molecule has 1 N–H and O–H groups in total. The Morgan fingerprint density at radius 2 is 1.92 bits per heavy atom. The number of thiazole rings is 1. The second kappa shape index (κ2) is 7.31. The molecule has 2 aromatic carbocycles. The number of carbonyl (C=O) groups excluding carboxylic acids is 1. The van der Waals surface area contributed by atoms with Crippen molar-refractivity contribution in [2.24, 2.45) is 0 Å². The Balaban J connectivity index is 1.36. The molecule has 0 aliphatic rings. The molecule has 2 heterocycles. The van der Waals surface area contributed by atoms with Crippen LogP contribution < -0.4 is 10.1 Å². The van der Waals surface area contributed by atoms with Gasteiger partial charge in [-0.25, -0.2) is 4.98 Å². The SMILES string of the molecule is O=C(COc1ccc(Br)cc1)Nc1ccc(-c2cn3ccsc3n2)cc1. The average molecular weight is 428 g/mol. The zero-order valence-electron chi connectivity index (χ0n) is 13.6. The number of amides is 1. The summed E-state index contributed by atoms with van der Waals surface area (Å²) in [4.78, 5) is 17.6. The number of aromatic nitrogens is 2. The van der Waals surface area contributed by atoms with Gasteiger partial charge < -0.3 is 10.1 Å². The fourth-order valence-electron chi connectivity index (χ4n) is 2.47. The van der Waals surface area contributed by atoms with E-state index in [1.165, 1.54) is 0 Å². The number of ether oxygens (including phenoxy) is 1. The molecule has 0 aliphatic heterocycles.